The van der Waals surface area contributed by atoms with Gasteiger partial charge in [0.25, 0.3) is 11.8 Å². The lowest BCUT2D eigenvalue weighted by Gasteiger charge is -2.23. The Labute approximate surface area is 160 Å². The summed E-state index contributed by atoms with van der Waals surface area (Å²) in [4.78, 5) is 37.5. The molecule has 0 aliphatic carbocycles. The van der Waals surface area contributed by atoms with Crippen molar-refractivity contribution in [1.29, 1.82) is 0 Å². The first-order valence-corrected chi connectivity index (χ1v) is 8.40. The average Bonchev–Trinajstić information content (AvgIpc) is 2.84. The molecule has 7 nitrogen and oxygen atoms in total. The summed E-state index contributed by atoms with van der Waals surface area (Å²) in [6.45, 7) is 6.33. The van der Waals surface area contributed by atoms with E-state index in [0.717, 1.165) is 6.42 Å². The van der Waals surface area contributed by atoms with Gasteiger partial charge in [0.1, 0.15) is 5.54 Å². The van der Waals surface area contributed by atoms with Crippen molar-refractivity contribution in [3.63, 3.8) is 0 Å². The molecule has 4 N–H and O–H groups in total. The van der Waals surface area contributed by atoms with E-state index in [4.69, 9.17) is 5.73 Å². The number of carbonyl (C=O) groups excluding carboxylic acids is 3. The number of nitrogens with two attached hydrogens (primary N) is 1. The molecule has 1 heterocycles. The summed E-state index contributed by atoms with van der Waals surface area (Å²) in [5, 5.41) is 4.82. The standard InChI is InChI=1S/C18H26N4O3.ClH/c1-11(2)14(19)9-10-22(4)15(23)12-5-7-13(8-6-12)18(3)16(24)20-17(25)21-18;/h5-8,11,14H,9-10,19H2,1-4H3,(H2,20,21,24,25);1H. The minimum atomic E-state index is -1.12. The van der Waals surface area contributed by atoms with Gasteiger partial charge in [-0.2, -0.15) is 0 Å². The average molecular weight is 383 g/mol. The maximum absolute atomic E-state index is 12.5. The highest BCUT2D eigenvalue weighted by atomic mass is 35.5. The zero-order valence-corrected chi connectivity index (χ0v) is 16.4. The molecule has 1 fully saturated rings. The number of imide groups is 1. The number of rotatable bonds is 6. The van der Waals surface area contributed by atoms with Crippen LogP contribution in [0, 0.1) is 5.92 Å². The van der Waals surface area contributed by atoms with Gasteiger partial charge in [-0.25, -0.2) is 4.79 Å². The monoisotopic (exact) mass is 382 g/mol. The van der Waals surface area contributed by atoms with Gasteiger partial charge in [0, 0.05) is 25.2 Å². The first kappa shape index (κ1) is 21.9. The van der Waals surface area contributed by atoms with Crippen LogP contribution in [0.3, 0.4) is 0 Å². The maximum atomic E-state index is 12.5. The molecule has 1 aromatic rings. The fourth-order valence-corrected chi connectivity index (χ4v) is 2.69. The van der Waals surface area contributed by atoms with Crippen LogP contribution in [-0.4, -0.2) is 42.4 Å². The molecule has 1 aliphatic rings. The van der Waals surface area contributed by atoms with Crippen molar-refractivity contribution >= 4 is 30.3 Å². The second-order valence-electron chi connectivity index (χ2n) is 7.03. The van der Waals surface area contributed by atoms with Crippen LogP contribution in [0.15, 0.2) is 24.3 Å². The van der Waals surface area contributed by atoms with E-state index in [1.165, 1.54) is 0 Å². The SMILES string of the molecule is CC(C)C(N)CCN(C)C(=O)c1ccc(C2(C)NC(=O)NC2=O)cc1.Cl. The van der Waals surface area contributed by atoms with Crippen molar-refractivity contribution in [1.82, 2.24) is 15.5 Å². The Balaban J connectivity index is 0.00000338. The largest absolute Gasteiger partial charge is 0.342 e. The predicted molar refractivity (Wildman–Crippen MR) is 102 cm³/mol. The topological polar surface area (TPSA) is 105 Å². The third-order valence-corrected chi connectivity index (χ3v) is 4.75. The smallest absolute Gasteiger partial charge is 0.322 e. The summed E-state index contributed by atoms with van der Waals surface area (Å²) < 4.78 is 0. The van der Waals surface area contributed by atoms with Crippen molar-refractivity contribution in [3.8, 4) is 0 Å². The second kappa shape index (κ2) is 8.51. The van der Waals surface area contributed by atoms with Crippen LogP contribution in [0.4, 0.5) is 4.79 Å². The Kier molecular flexibility index (Phi) is 7.17. The van der Waals surface area contributed by atoms with Crippen LogP contribution in [0.5, 0.6) is 0 Å². The molecule has 0 aromatic heterocycles. The number of nitrogens with one attached hydrogen (secondary N) is 2. The van der Waals surface area contributed by atoms with E-state index < -0.39 is 17.5 Å². The molecule has 2 atom stereocenters. The lowest BCUT2D eigenvalue weighted by Crippen LogP contribution is -2.40. The highest BCUT2D eigenvalue weighted by molar-refractivity contribution is 6.07. The Morgan fingerprint density at radius 2 is 1.81 bits per heavy atom. The third-order valence-electron chi connectivity index (χ3n) is 4.75. The lowest BCUT2D eigenvalue weighted by molar-refractivity contribution is -0.123. The second-order valence-corrected chi connectivity index (χ2v) is 7.03. The predicted octanol–water partition coefficient (Wildman–Crippen LogP) is 1.61. The molecule has 2 unspecified atom stereocenters. The maximum Gasteiger partial charge on any atom is 0.322 e. The van der Waals surface area contributed by atoms with Crippen LogP contribution in [0.2, 0.25) is 0 Å². The molecule has 0 spiro atoms. The molecular formula is C18H27ClN4O3. The van der Waals surface area contributed by atoms with E-state index in [-0.39, 0.29) is 24.4 Å². The van der Waals surface area contributed by atoms with Gasteiger partial charge in [-0.3, -0.25) is 14.9 Å². The lowest BCUT2D eigenvalue weighted by atomic mass is 9.91. The summed E-state index contributed by atoms with van der Waals surface area (Å²) >= 11 is 0. The van der Waals surface area contributed by atoms with E-state index in [0.29, 0.717) is 23.6 Å². The molecule has 1 aromatic carbocycles. The normalized spacial score (nSPS) is 20.2. The Morgan fingerprint density at radius 1 is 1.23 bits per heavy atom. The molecule has 0 saturated carbocycles. The summed E-state index contributed by atoms with van der Waals surface area (Å²) in [7, 11) is 1.75. The summed E-state index contributed by atoms with van der Waals surface area (Å²) in [6.07, 6.45) is 0.738. The van der Waals surface area contributed by atoms with Crippen LogP contribution >= 0.6 is 12.4 Å². The quantitative estimate of drug-likeness (QED) is 0.650. The van der Waals surface area contributed by atoms with Gasteiger partial charge in [0.15, 0.2) is 0 Å². The molecule has 2 rings (SSSR count). The third kappa shape index (κ3) is 4.53. The highest BCUT2D eigenvalue weighted by Gasteiger charge is 2.43. The first-order valence-electron chi connectivity index (χ1n) is 8.40. The zero-order chi connectivity index (χ0) is 18.8. The van der Waals surface area contributed by atoms with Gasteiger partial charge in [0.05, 0.1) is 0 Å². The highest BCUT2D eigenvalue weighted by Crippen LogP contribution is 2.24. The molecule has 144 valence electrons. The number of amides is 4. The van der Waals surface area contributed by atoms with Crippen molar-refractivity contribution in [2.75, 3.05) is 13.6 Å². The number of nitrogens with zero attached hydrogens (tertiary/aromatic N) is 1. The van der Waals surface area contributed by atoms with Crippen molar-refractivity contribution in [3.05, 3.63) is 35.4 Å². The minimum Gasteiger partial charge on any atom is -0.342 e. The molecule has 26 heavy (non-hydrogen) atoms. The fraction of sp³-hybridized carbons (Fsp3) is 0.500. The van der Waals surface area contributed by atoms with Crippen LogP contribution in [0.1, 0.15) is 43.1 Å². The van der Waals surface area contributed by atoms with Gasteiger partial charge in [0.2, 0.25) is 0 Å². The Bertz CT molecular complexity index is 678. The summed E-state index contributed by atoms with van der Waals surface area (Å²) in [5.41, 5.74) is 6.05. The van der Waals surface area contributed by atoms with Crippen molar-refractivity contribution < 1.29 is 14.4 Å². The van der Waals surface area contributed by atoms with E-state index in [2.05, 4.69) is 24.5 Å². The van der Waals surface area contributed by atoms with E-state index >= 15 is 0 Å². The molecule has 0 radical (unpaired) electrons. The Morgan fingerprint density at radius 3 is 2.27 bits per heavy atom. The van der Waals surface area contributed by atoms with E-state index in [9.17, 15) is 14.4 Å². The number of urea groups is 1. The molecule has 8 heteroatoms. The first-order chi connectivity index (χ1) is 11.6. The van der Waals surface area contributed by atoms with Crippen LogP contribution in [-0.2, 0) is 10.3 Å². The zero-order valence-electron chi connectivity index (χ0n) is 15.5. The van der Waals surface area contributed by atoms with Gasteiger partial charge in [-0.15, -0.1) is 12.4 Å². The van der Waals surface area contributed by atoms with Gasteiger partial charge in [-0.1, -0.05) is 26.0 Å². The summed E-state index contributed by atoms with van der Waals surface area (Å²) in [5.74, 6) is -0.139. The van der Waals surface area contributed by atoms with Crippen molar-refractivity contribution in [2.45, 2.75) is 38.8 Å². The number of hydrogen-bond acceptors (Lipinski definition) is 4. The van der Waals surface area contributed by atoms with Gasteiger partial charge >= 0.3 is 6.03 Å². The summed E-state index contributed by atoms with van der Waals surface area (Å²) in [6, 6.07) is 6.24. The minimum absolute atomic E-state index is 0. The van der Waals surface area contributed by atoms with Gasteiger partial charge in [-0.05, 0) is 37.0 Å². The van der Waals surface area contributed by atoms with Crippen LogP contribution in [0.25, 0.3) is 0 Å². The Hall–Kier alpha value is -2.12. The van der Waals surface area contributed by atoms with Gasteiger partial charge < -0.3 is 16.0 Å². The molecule has 0 bridgehead atoms. The molecule has 1 aliphatic heterocycles. The molecular weight excluding hydrogens is 356 g/mol. The number of carbonyl (C=O) groups is 3. The number of halogens is 1. The number of benzene rings is 1. The van der Waals surface area contributed by atoms with E-state index in [1.807, 2.05) is 0 Å². The molecule has 1 saturated heterocycles. The molecule has 4 amide bonds. The number of hydrogen-bond donors (Lipinski definition) is 3. The van der Waals surface area contributed by atoms with Crippen LogP contribution < -0.4 is 16.4 Å². The van der Waals surface area contributed by atoms with Crippen molar-refractivity contribution in [2.24, 2.45) is 11.7 Å². The fourth-order valence-electron chi connectivity index (χ4n) is 2.69. The van der Waals surface area contributed by atoms with E-state index in [1.54, 1.807) is 43.1 Å².